The number of hydrogen-bond acceptors (Lipinski definition) is 2. The highest BCUT2D eigenvalue weighted by molar-refractivity contribution is 5.78. The van der Waals surface area contributed by atoms with Crippen LogP contribution in [0, 0.1) is 11.6 Å². The second kappa shape index (κ2) is 9.82. The predicted octanol–water partition coefficient (Wildman–Crippen LogP) is 4.00. The lowest BCUT2D eigenvalue weighted by Crippen LogP contribution is -2.40. The molecule has 0 aliphatic carbocycles. The summed E-state index contributed by atoms with van der Waals surface area (Å²) in [6, 6.07) is 12.8. The van der Waals surface area contributed by atoms with Crippen molar-refractivity contribution in [1.29, 1.82) is 0 Å². The summed E-state index contributed by atoms with van der Waals surface area (Å²) in [6.07, 6.45) is 1.69. The average molecular weight is 358 g/mol. The fourth-order valence-corrected chi connectivity index (χ4v) is 2.76. The third kappa shape index (κ3) is 5.77. The second-order valence-electron chi connectivity index (χ2n) is 6.09. The molecule has 138 valence electrons. The van der Waals surface area contributed by atoms with Gasteiger partial charge in [-0.1, -0.05) is 36.4 Å². The maximum absolute atomic E-state index is 13.9. The Kier molecular flexibility index (Phi) is 7.48. The van der Waals surface area contributed by atoms with Crippen LogP contribution in [-0.2, 0) is 17.9 Å². The van der Waals surface area contributed by atoms with Crippen molar-refractivity contribution < 1.29 is 13.6 Å². The third-order valence-corrected chi connectivity index (χ3v) is 4.09. The number of likely N-dealkylation sites (N-methyl/N-ethyl adjacent to an activating group) is 1. The summed E-state index contributed by atoms with van der Waals surface area (Å²) in [5.74, 6) is -0.699. The molecule has 3 nitrogen and oxygen atoms in total. The van der Waals surface area contributed by atoms with Crippen LogP contribution in [0.25, 0.3) is 0 Å². The van der Waals surface area contributed by atoms with Gasteiger partial charge in [0.25, 0.3) is 0 Å². The molecule has 0 aliphatic rings. The predicted molar refractivity (Wildman–Crippen MR) is 99.4 cm³/mol. The molecule has 0 fully saturated rings. The van der Waals surface area contributed by atoms with Gasteiger partial charge < -0.3 is 4.90 Å². The highest BCUT2D eigenvalue weighted by atomic mass is 19.1. The molecule has 0 heterocycles. The fraction of sp³-hybridized carbons (Fsp3) is 0.286. The van der Waals surface area contributed by atoms with Gasteiger partial charge in [0.1, 0.15) is 11.6 Å². The summed E-state index contributed by atoms with van der Waals surface area (Å²) in [4.78, 5) is 16.2. The van der Waals surface area contributed by atoms with Crippen molar-refractivity contribution in [3.63, 3.8) is 0 Å². The third-order valence-electron chi connectivity index (χ3n) is 4.09. The Labute approximate surface area is 153 Å². The first-order valence-electron chi connectivity index (χ1n) is 8.62. The van der Waals surface area contributed by atoms with Crippen molar-refractivity contribution in [2.24, 2.45) is 0 Å². The number of nitrogens with zero attached hydrogens (tertiary/aromatic N) is 2. The number of amides is 1. The number of benzene rings is 2. The molecule has 5 heteroatoms. The molecule has 2 rings (SSSR count). The van der Waals surface area contributed by atoms with E-state index in [-0.39, 0.29) is 24.1 Å². The fourth-order valence-electron chi connectivity index (χ4n) is 2.76. The molecule has 0 spiro atoms. The van der Waals surface area contributed by atoms with E-state index in [1.165, 1.54) is 18.2 Å². The minimum atomic E-state index is -0.321. The minimum Gasteiger partial charge on any atom is -0.338 e. The Morgan fingerprint density at radius 1 is 1.12 bits per heavy atom. The summed E-state index contributed by atoms with van der Waals surface area (Å²) in [5, 5.41) is 0. The molecule has 2 aromatic carbocycles. The van der Waals surface area contributed by atoms with E-state index in [4.69, 9.17) is 0 Å². The van der Waals surface area contributed by atoms with E-state index in [9.17, 15) is 13.6 Å². The Morgan fingerprint density at radius 3 is 2.54 bits per heavy atom. The first-order valence-corrected chi connectivity index (χ1v) is 8.62. The van der Waals surface area contributed by atoms with Gasteiger partial charge in [0.2, 0.25) is 5.91 Å². The highest BCUT2D eigenvalue weighted by Gasteiger charge is 2.17. The van der Waals surface area contributed by atoms with Crippen LogP contribution in [0.4, 0.5) is 8.78 Å². The molecule has 1 amide bonds. The Hall–Kier alpha value is -2.53. The summed E-state index contributed by atoms with van der Waals surface area (Å²) in [5.41, 5.74) is 1.28. The lowest BCUT2D eigenvalue weighted by Gasteiger charge is -2.26. The average Bonchev–Trinajstić information content (AvgIpc) is 2.61. The Balaban J connectivity index is 2.04. The zero-order chi connectivity index (χ0) is 18.9. The largest absolute Gasteiger partial charge is 0.338 e. The van der Waals surface area contributed by atoms with E-state index < -0.39 is 0 Å². The lowest BCUT2D eigenvalue weighted by atomic mass is 10.2. The van der Waals surface area contributed by atoms with Gasteiger partial charge in [-0.3, -0.25) is 9.69 Å². The standard InChI is InChI=1S/C21H24F2N2O/c1-3-12-24(15-18-9-5-6-11-20(18)23)16-21(26)25(4-2)14-17-8-7-10-19(22)13-17/h3,5-11,13H,1,4,12,14-16H2,2H3. The molecule has 2 aromatic rings. The quantitative estimate of drug-likeness (QED) is 0.633. The molecular weight excluding hydrogens is 334 g/mol. The molecule has 0 radical (unpaired) electrons. The molecule has 0 saturated heterocycles. The Morgan fingerprint density at radius 2 is 1.88 bits per heavy atom. The van der Waals surface area contributed by atoms with Gasteiger partial charge in [-0.15, -0.1) is 6.58 Å². The molecule has 26 heavy (non-hydrogen) atoms. The molecule has 0 unspecified atom stereocenters. The van der Waals surface area contributed by atoms with E-state index >= 15 is 0 Å². The van der Waals surface area contributed by atoms with Crippen molar-refractivity contribution >= 4 is 5.91 Å². The number of carbonyl (C=O) groups is 1. The van der Waals surface area contributed by atoms with Crippen LogP contribution in [0.5, 0.6) is 0 Å². The maximum Gasteiger partial charge on any atom is 0.237 e. The maximum atomic E-state index is 13.9. The molecule has 0 aromatic heterocycles. The molecule has 0 bridgehead atoms. The highest BCUT2D eigenvalue weighted by Crippen LogP contribution is 2.12. The van der Waals surface area contributed by atoms with E-state index in [0.29, 0.717) is 31.7 Å². The van der Waals surface area contributed by atoms with Gasteiger partial charge in [0.15, 0.2) is 0 Å². The van der Waals surface area contributed by atoms with Crippen LogP contribution < -0.4 is 0 Å². The van der Waals surface area contributed by atoms with Crippen molar-refractivity contribution in [2.75, 3.05) is 19.6 Å². The topological polar surface area (TPSA) is 23.6 Å². The number of rotatable bonds is 9. The van der Waals surface area contributed by atoms with Gasteiger partial charge >= 0.3 is 0 Å². The first kappa shape index (κ1) is 19.8. The SMILES string of the molecule is C=CCN(CC(=O)N(CC)Cc1cccc(F)c1)Cc1ccccc1F. The molecule has 0 aliphatic heterocycles. The summed E-state index contributed by atoms with van der Waals surface area (Å²) in [6.45, 7) is 7.38. The van der Waals surface area contributed by atoms with Crippen LogP contribution in [0.1, 0.15) is 18.1 Å². The van der Waals surface area contributed by atoms with E-state index in [2.05, 4.69) is 6.58 Å². The summed E-state index contributed by atoms with van der Waals surface area (Å²) >= 11 is 0. The number of hydrogen-bond donors (Lipinski definition) is 0. The Bertz CT molecular complexity index is 748. The zero-order valence-corrected chi connectivity index (χ0v) is 15.0. The van der Waals surface area contributed by atoms with Crippen molar-refractivity contribution in [3.05, 3.63) is 83.9 Å². The monoisotopic (exact) mass is 358 g/mol. The van der Waals surface area contributed by atoms with Crippen molar-refractivity contribution in [2.45, 2.75) is 20.0 Å². The van der Waals surface area contributed by atoms with Crippen LogP contribution in [0.2, 0.25) is 0 Å². The van der Waals surface area contributed by atoms with Crippen molar-refractivity contribution in [1.82, 2.24) is 9.80 Å². The van der Waals surface area contributed by atoms with Gasteiger partial charge in [0.05, 0.1) is 6.54 Å². The molecule has 0 N–H and O–H groups in total. The van der Waals surface area contributed by atoms with E-state index in [1.807, 2.05) is 11.8 Å². The van der Waals surface area contributed by atoms with Gasteiger partial charge in [-0.05, 0) is 30.7 Å². The minimum absolute atomic E-state index is 0.0880. The normalized spacial score (nSPS) is 10.8. The molecule has 0 atom stereocenters. The van der Waals surface area contributed by atoms with E-state index in [0.717, 1.165) is 5.56 Å². The molecule has 0 saturated carbocycles. The molecular formula is C21H24F2N2O. The van der Waals surface area contributed by atoms with Crippen molar-refractivity contribution in [3.8, 4) is 0 Å². The van der Waals surface area contributed by atoms with Crippen LogP contribution in [0.3, 0.4) is 0 Å². The van der Waals surface area contributed by atoms with Gasteiger partial charge in [-0.25, -0.2) is 8.78 Å². The summed E-state index contributed by atoms with van der Waals surface area (Å²) < 4.78 is 27.2. The number of carbonyl (C=O) groups excluding carboxylic acids is 1. The van der Waals surface area contributed by atoms with E-state index in [1.54, 1.807) is 41.3 Å². The first-order chi connectivity index (χ1) is 12.5. The van der Waals surface area contributed by atoms with Gasteiger partial charge in [0, 0.05) is 31.7 Å². The van der Waals surface area contributed by atoms with Gasteiger partial charge in [-0.2, -0.15) is 0 Å². The van der Waals surface area contributed by atoms with Crippen LogP contribution in [-0.4, -0.2) is 35.3 Å². The zero-order valence-electron chi connectivity index (χ0n) is 15.0. The summed E-state index contributed by atoms with van der Waals surface area (Å²) in [7, 11) is 0. The second-order valence-corrected chi connectivity index (χ2v) is 6.09. The lowest BCUT2D eigenvalue weighted by molar-refractivity contribution is -0.132. The smallest absolute Gasteiger partial charge is 0.237 e. The number of halogens is 2. The van der Waals surface area contributed by atoms with Crippen LogP contribution in [0.15, 0.2) is 61.2 Å². The van der Waals surface area contributed by atoms with Crippen LogP contribution >= 0.6 is 0 Å².